The molecule has 9 heteroatoms. The lowest BCUT2D eigenvalue weighted by Gasteiger charge is -2.22. The largest absolute Gasteiger partial charge is 0.309 e. The summed E-state index contributed by atoms with van der Waals surface area (Å²) in [5.41, 5.74) is 12.4. The molecule has 0 N–H and O–H groups in total. The third-order valence-electron chi connectivity index (χ3n) is 11.0. The van der Waals surface area contributed by atoms with E-state index < -0.39 is 0 Å². The Hall–Kier alpha value is -7.17. The van der Waals surface area contributed by atoms with Crippen LogP contribution in [0.25, 0.3) is 89.2 Å². The standard InChI is InChI=1S/C46H31B3N6/c47-39-33(26-50)43(41(49)40(48)38(39)46-52-44(27-14-4-1-5-15-27)51-45(53-46)28-16-6-2-7-17-28)55-34-22-12-10-20-30(34)31-24-25-36-37(42(31)55)32-21-11-13-23-35(32)54(36)29-18-8-3-9-19-29/h1-25H,47-49H2. The predicted molar refractivity (Wildman–Crippen MR) is 234 cm³/mol. The Labute approximate surface area is 320 Å². The molecule has 254 valence electrons. The molecule has 0 spiro atoms. The quantitative estimate of drug-likeness (QED) is 0.216. The fourth-order valence-electron chi connectivity index (χ4n) is 8.40. The molecule has 0 fully saturated rings. The Bertz CT molecular complexity index is 3130. The first-order chi connectivity index (χ1) is 27.0. The minimum Gasteiger partial charge on any atom is -0.309 e. The number of nitriles is 1. The number of rotatable bonds is 5. The molecule has 0 saturated heterocycles. The zero-order valence-corrected chi connectivity index (χ0v) is 30.6. The molecule has 7 aromatic carbocycles. The van der Waals surface area contributed by atoms with Gasteiger partial charge in [-0.3, -0.25) is 0 Å². The summed E-state index contributed by atoms with van der Waals surface area (Å²) in [5.74, 6) is 1.72. The van der Waals surface area contributed by atoms with Crippen LogP contribution in [0.3, 0.4) is 0 Å². The number of para-hydroxylation sites is 3. The van der Waals surface area contributed by atoms with Crippen molar-refractivity contribution in [3.8, 4) is 51.6 Å². The maximum Gasteiger partial charge on any atom is 0.164 e. The topological polar surface area (TPSA) is 72.3 Å². The maximum atomic E-state index is 11.2. The Morgan fingerprint density at radius 2 is 0.982 bits per heavy atom. The molecule has 0 bridgehead atoms. The first-order valence-electron chi connectivity index (χ1n) is 18.5. The summed E-state index contributed by atoms with van der Waals surface area (Å²) in [6.07, 6.45) is 0. The highest BCUT2D eigenvalue weighted by Crippen LogP contribution is 2.42. The molecule has 55 heavy (non-hydrogen) atoms. The van der Waals surface area contributed by atoms with E-state index in [0.29, 0.717) is 23.0 Å². The van der Waals surface area contributed by atoms with E-state index in [1.807, 2.05) is 68.5 Å². The predicted octanol–water partition coefficient (Wildman–Crippen LogP) is 5.71. The van der Waals surface area contributed by atoms with Gasteiger partial charge in [0.1, 0.15) is 29.6 Å². The molecule has 0 aliphatic carbocycles. The summed E-state index contributed by atoms with van der Waals surface area (Å²) in [5, 5.41) is 15.8. The van der Waals surface area contributed by atoms with Gasteiger partial charge in [-0.25, -0.2) is 15.0 Å². The molecule has 0 amide bonds. The van der Waals surface area contributed by atoms with Gasteiger partial charge in [0.15, 0.2) is 17.5 Å². The number of benzene rings is 7. The Kier molecular flexibility index (Phi) is 7.53. The van der Waals surface area contributed by atoms with Crippen LogP contribution < -0.4 is 16.4 Å². The molecule has 0 unspecified atom stereocenters. The van der Waals surface area contributed by atoms with Gasteiger partial charge in [-0.1, -0.05) is 138 Å². The van der Waals surface area contributed by atoms with Crippen molar-refractivity contribution in [2.45, 2.75) is 0 Å². The number of hydrogen-bond acceptors (Lipinski definition) is 4. The third kappa shape index (κ3) is 4.96. The number of fused-ring (bicyclic) bond motifs is 7. The Morgan fingerprint density at radius 1 is 0.455 bits per heavy atom. The monoisotopic (exact) mass is 700 g/mol. The fourth-order valence-corrected chi connectivity index (χ4v) is 8.40. The summed E-state index contributed by atoms with van der Waals surface area (Å²) in [6.45, 7) is 0. The van der Waals surface area contributed by atoms with E-state index in [-0.39, 0.29) is 0 Å². The Morgan fingerprint density at radius 3 is 1.60 bits per heavy atom. The van der Waals surface area contributed by atoms with Crippen molar-refractivity contribution >= 4 is 83.5 Å². The van der Waals surface area contributed by atoms with Gasteiger partial charge in [0.25, 0.3) is 0 Å². The molecule has 10 aromatic rings. The second kappa shape index (κ2) is 12.8. The summed E-state index contributed by atoms with van der Waals surface area (Å²) in [4.78, 5) is 15.1. The lowest BCUT2D eigenvalue weighted by molar-refractivity contribution is 1.08. The van der Waals surface area contributed by atoms with Crippen molar-refractivity contribution < 1.29 is 0 Å². The molecule has 3 aromatic heterocycles. The SMILES string of the molecule is Bc1c(B)c(-n2c3ccccc3c3ccc4c(c5ccccc5n4-c4ccccc4)c32)c(C#N)c(B)c1-c1nc(-c2ccccc2)nc(-c2ccccc2)n1. The molecule has 3 heterocycles. The molecule has 0 atom stereocenters. The maximum absolute atomic E-state index is 11.2. The van der Waals surface area contributed by atoms with Crippen LogP contribution in [0.5, 0.6) is 0 Å². The van der Waals surface area contributed by atoms with Gasteiger partial charge in [0.05, 0.1) is 33.3 Å². The fraction of sp³-hybridized carbons (Fsp3) is 0. The van der Waals surface area contributed by atoms with E-state index in [0.717, 1.165) is 88.1 Å². The summed E-state index contributed by atoms with van der Waals surface area (Å²) in [7, 11) is 6.28. The van der Waals surface area contributed by atoms with Crippen molar-refractivity contribution in [1.82, 2.24) is 24.1 Å². The lowest BCUT2D eigenvalue weighted by atomic mass is 9.69. The highest BCUT2D eigenvalue weighted by atomic mass is 15.0. The first-order valence-corrected chi connectivity index (χ1v) is 18.5. The molecule has 10 rings (SSSR count). The zero-order valence-electron chi connectivity index (χ0n) is 30.6. The number of nitrogens with zero attached hydrogens (tertiary/aromatic N) is 6. The highest BCUT2D eigenvalue weighted by molar-refractivity contribution is 6.56. The molecule has 6 nitrogen and oxygen atoms in total. The van der Waals surface area contributed by atoms with Gasteiger partial charge >= 0.3 is 0 Å². The minimum atomic E-state index is 0.546. The van der Waals surface area contributed by atoms with Crippen LogP contribution in [0.4, 0.5) is 0 Å². The van der Waals surface area contributed by atoms with Gasteiger partial charge in [-0.15, -0.1) is 0 Å². The van der Waals surface area contributed by atoms with Gasteiger partial charge in [-0.2, -0.15) is 5.26 Å². The second-order valence-corrected chi connectivity index (χ2v) is 14.0. The Balaban J connectivity index is 1.31. The summed E-state index contributed by atoms with van der Waals surface area (Å²) in [6, 6.07) is 54.8. The molecular weight excluding hydrogens is 669 g/mol. The zero-order chi connectivity index (χ0) is 37.2. The molecule has 0 radical (unpaired) electrons. The highest BCUT2D eigenvalue weighted by Gasteiger charge is 2.26. The van der Waals surface area contributed by atoms with E-state index >= 15 is 0 Å². The van der Waals surface area contributed by atoms with Gasteiger partial charge < -0.3 is 9.13 Å². The van der Waals surface area contributed by atoms with Crippen LogP contribution in [0.1, 0.15) is 5.56 Å². The van der Waals surface area contributed by atoms with Crippen molar-refractivity contribution in [1.29, 1.82) is 5.26 Å². The second-order valence-electron chi connectivity index (χ2n) is 14.0. The van der Waals surface area contributed by atoms with Gasteiger partial charge in [0, 0.05) is 43.9 Å². The molecular formula is C46H31B3N6. The normalized spacial score (nSPS) is 11.5. The third-order valence-corrected chi connectivity index (χ3v) is 11.0. The van der Waals surface area contributed by atoms with E-state index in [2.05, 4.69) is 122 Å². The minimum absolute atomic E-state index is 0.546. The first kappa shape index (κ1) is 32.5. The van der Waals surface area contributed by atoms with Crippen LogP contribution in [-0.2, 0) is 0 Å². The van der Waals surface area contributed by atoms with Crippen molar-refractivity contribution in [3.05, 3.63) is 157 Å². The number of aromatic nitrogens is 5. The van der Waals surface area contributed by atoms with Crippen molar-refractivity contribution in [2.75, 3.05) is 0 Å². The summed E-state index contributed by atoms with van der Waals surface area (Å²) >= 11 is 0. The molecule has 0 aliphatic rings. The van der Waals surface area contributed by atoms with E-state index in [1.165, 1.54) is 0 Å². The molecule has 0 saturated carbocycles. The van der Waals surface area contributed by atoms with Crippen LogP contribution in [0, 0.1) is 11.3 Å². The van der Waals surface area contributed by atoms with E-state index in [1.54, 1.807) is 0 Å². The average Bonchev–Trinajstić information content (AvgIpc) is 3.76. The summed E-state index contributed by atoms with van der Waals surface area (Å²) < 4.78 is 4.68. The van der Waals surface area contributed by atoms with Gasteiger partial charge in [0.2, 0.25) is 0 Å². The smallest absolute Gasteiger partial charge is 0.164 e. The van der Waals surface area contributed by atoms with Crippen LogP contribution in [0.2, 0.25) is 0 Å². The van der Waals surface area contributed by atoms with E-state index in [4.69, 9.17) is 15.0 Å². The lowest BCUT2D eigenvalue weighted by Crippen LogP contribution is -2.39. The van der Waals surface area contributed by atoms with E-state index in [9.17, 15) is 5.26 Å². The van der Waals surface area contributed by atoms with Crippen LogP contribution >= 0.6 is 0 Å². The van der Waals surface area contributed by atoms with Gasteiger partial charge in [-0.05, 0) is 30.3 Å². The van der Waals surface area contributed by atoms with Crippen molar-refractivity contribution in [3.63, 3.8) is 0 Å². The van der Waals surface area contributed by atoms with Crippen molar-refractivity contribution in [2.24, 2.45) is 0 Å². The van der Waals surface area contributed by atoms with Crippen LogP contribution in [-0.4, -0.2) is 47.6 Å². The molecule has 0 aliphatic heterocycles. The number of hydrogen-bond donors (Lipinski definition) is 0. The average molecular weight is 700 g/mol. The van der Waals surface area contributed by atoms with Crippen LogP contribution in [0.15, 0.2) is 152 Å².